The molecule has 0 aliphatic heterocycles. The summed E-state index contributed by atoms with van der Waals surface area (Å²) in [6, 6.07) is 6.28. The number of nitrogens with zero attached hydrogens (tertiary/aromatic N) is 1. The first-order valence-electron chi connectivity index (χ1n) is 6.07. The van der Waals surface area contributed by atoms with Crippen LogP contribution in [0, 0.1) is 16.0 Å². The molecular weight excluding hydrogens is 230 g/mol. The summed E-state index contributed by atoms with van der Waals surface area (Å²) in [5, 5.41) is 10.5. The molecule has 1 aliphatic carbocycles. The largest absolute Gasteiger partial charge is 0.294 e. The Morgan fingerprint density at radius 2 is 2.00 bits per heavy atom. The number of ketones is 1. The van der Waals surface area contributed by atoms with E-state index in [0.717, 1.165) is 30.4 Å². The van der Waals surface area contributed by atoms with Crippen molar-refractivity contribution in [1.82, 2.24) is 0 Å². The number of rotatable bonds is 2. The van der Waals surface area contributed by atoms with E-state index in [4.69, 9.17) is 0 Å². The molecule has 4 heteroatoms. The maximum Gasteiger partial charge on any atom is 0.269 e. The highest BCUT2D eigenvalue weighted by molar-refractivity contribution is 6.01. The van der Waals surface area contributed by atoms with Gasteiger partial charge in [-0.3, -0.25) is 14.9 Å². The molecule has 0 amide bonds. The van der Waals surface area contributed by atoms with Gasteiger partial charge in [0, 0.05) is 18.1 Å². The van der Waals surface area contributed by atoms with Crippen molar-refractivity contribution < 1.29 is 9.72 Å². The Hall–Kier alpha value is -1.97. The summed E-state index contributed by atoms with van der Waals surface area (Å²) < 4.78 is 0. The third-order valence-corrected chi connectivity index (χ3v) is 3.29. The molecule has 18 heavy (non-hydrogen) atoms. The third kappa shape index (κ3) is 2.64. The third-order valence-electron chi connectivity index (χ3n) is 3.29. The molecule has 1 aliphatic rings. The molecule has 0 saturated heterocycles. The minimum Gasteiger partial charge on any atom is -0.294 e. The van der Waals surface area contributed by atoms with Gasteiger partial charge in [0.1, 0.15) is 0 Å². The molecule has 94 valence electrons. The summed E-state index contributed by atoms with van der Waals surface area (Å²) >= 11 is 0. The van der Waals surface area contributed by atoms with Crippen LogP contribution in [0.1, 0.15) is 31.7 Å². The molecule has 1 fully saturated rings. The summed E-state index contributed by atoms with van der Waals surface area (Å²) in [4.78, 5) is 22.0. The van der Waals surface area contributed by atoms with E-state index in [2.05, 4.69) is 0 Å². The zero-order valence-electron chi connectivity index (χ0n) is 10.3. The Bertz CT molecular complexity index is 502. The molecule has 2 rings (SSSR count). The second-order valence-electron chi connectivity index (χ2n) is 4.68. The quantitative estimate of drug-likeness (QED) is 0.456. The Labute approximate surface area is 105 Å². The highest BCUT2D eigenvalue weighted by Gasteiger charge is 2.22. The second kappa shape index (κ2) is 5.12. The molecular formula is C14H15NO3. The van der Waals surface area contributed by atoms with E-state index < -0.39 is 4.92 Å². The number of non-ortho nitro benzene ring substituents is 1. The number of Topliss-reactive ketones (excluding diaryl/α,β-unsaturated/α-hetero) is 1. The number of benzene rings is 1. The van der Waals surface area contributed by atoms with Crippen LogP contribution in [0.5, 0.6) is 0 Å². The average Bonchev–Trinajstić information content (AvgIpc) is 2.36. The van der Waals surface area contributed by atoms with Gasteiger partial charge in [-0.2, -0.15) is 0 Å². The molecule has 0 spiro atoms. The van der Waals surface area contributed by atoms with E-state index in [1.807, 2.05) is 13.0 Å². The molecule has 0 unspecified atom stereocenters. The van der Waals surface area contributed by atoms with Crippen LogP contribution in [0.15, 0.2) is 29.8 Å². The lowest BCUT2D eigenvalue weighted by Crippen LogP contribution is -2.18. The van der Waals surface area contributed by atoms with Gasteiger partial charge < -0.3 is 0 Å². The van der Waals surface area contributed by atoms with Gasteiger partial charge in [-0.15, -0.1) is 0 Å². The molecule has 0 radical (unpaired) electrons. The van der Waals surface area contributed by atoms with Gasteiger partial charge in [-0.05, 0) is 48.6 Å². The van der Waals surface area contributed by atoms with E-state index in [1.165, 1.54) is 12.1 Å². The van der Waals surface area contributed by atoms with Crippen molar-refractivity contribution in [2.75, 3.05) is 0 Å². The summed E-state index contributed by atoms with van der Waals surface area (Å²) in [7, 11) is 0. The normalized spacial score (nSPS) is 22.2. The molecule has 0 N–H and O–H groups in total. The molecule has 0 bridgehead atoms. The van der Waals surface area contributed by atoms with Gasteiger partial charge in [0.05, 0.1) is 4.92 Å². The first-order chi connectivity index (χ1) is 8.58. The Morgan fingerprint density at radius 1 is 1.33 bits per heavy atom. The molecule has 0 heterocycles. The molecule has 1 aromatic carbocycles. The van der Waals surface area contributed by atoms with Crippen LogP contribution in [0.4, 0.5) is 5.69 Å². The van der Waals surface area contributed by atoms with Crippen molar-refractivity contribution in [3.05, 3.63) is 45.5 Å². The number of nitro groups is 1. The highest BCUT2D eigenvalue weighted by Crippen LogP contribution is 2.26. The summed E-state index contributed by atoms with van der Waals surface area (Å²) in [5.41, 5.74) is 1.75. The first kappa shape index (κ1) is 12.5. The van der Waals surface area contributed by atoms with E-state index in [-0.39, 0.29) is 17.4 Å². The predicted octanol–water partition coefficient (Wildman–Crippen LogP) is 3.37. The summed E-state index contributed by atoms with van der Waals surface area (Å²) in [6.45, 7) is 1.95. The Kier molecular flexibility index (Phi) is 3.55. The van der Waals surface area contributed by atoms with Gasteiger partial charge in [0.15, 0.2) is 5.78 Å². The number of hydrogen-bond donors (Lipinski definition) is 0. The summed E-state index contributed by atoms with van der Waals surface area (Å²) in [5.74, 6) is 0.308. The number of nitro benzene ring substituents is 1. The SMILES string of the molecule is C[C@@H]1CCC/C(=C\c2ccc([N+](=O)[O-])cc2)C1=O. The summed E-state index contributed by atoms with van der Waals surface area (Å²) in [6.07, 6.45) is 4.64. The minimum absolute atomic E-state index is 0.0699. The van der Waals surface area contributed by atoms with E-state index in [9.17, 15) is 14.9 Å². The zero-order valence-corrected chi connectivity index (χ0v) is 10.3. The van der Waals surface area contributed by atoms with Crippen LogP contribution in [-0.4, -0.2) is 10.7 Å². The van der Waals surface area contributed by atoms with E-state index >= 15 is 0 Å². The van der Waals surface area contributed by atoms with Gasteiger partial charge in [-0.1, -0.05) is 6.92 Å². The van der Waals surface area contributed by atoms with Crippen molar-refractivity contribution in [2.24, 2.45) is 5.92 Å². The minimum atomic E-state index is -0.426. The van der Waals surface area contributed by atoms with Crippen molar-refractivity contribution in [1.29, 1.82) is 0 Å². The van der Waals surface area contributed by atoms with Crippen LogP contribution < -0.4 is 0 Å². The number of carbonyl (C=O) groups excluding carboxylic acids is 1. The number of carbonyl (C=O) groups is 1. The molecule has 1 atom stereocenters. The van der Waals surface area contributed by atoms with Crippen LogP contribution in [0.2, 0.25) is 0 Å². The predicted molar refractivity (Wildman–Crippen MR) is 69.1 cm³/mol. The van der Waals surface area contributed by atoms with E-state index in [1.54, 1.807) is 12.1 Å². The lowest BCUT2D eigenvalue weighted by molar-refractivity contribution is -0.384. The van der Waals surface area contributed by atoms with Crippen molar-refractivity contribution in [3.63, 3.8) is 0 Å². The van der Waals surface area contributed by atoms with E-state index in [0.29, 0.717) is 0 Å². The van der Waals surface area contributed by atoms with Crippen LogP contribution >= 0.6 is 0 Å². The highest BCUT2D eigenvalue weighted by atomic mass is 16.6. The number of hydrogen-bond acceptors (Lipinski definition) is 3. The fraction of sp³-hybridized carbons (Fsp3) is 0.357. The van der Waals surface area contributed by atoms with Gasteiger partial charge >= 0.3 is 0 Å². The first-order valence-corrected chi connectivity index (χ1v) is 6.07. The number of allylic oxidation sites excluding steroid dienone is 1. The maximum absolute atomic E-state index is 11.9. The van der Waals surface area contributed by atoms with Crippen LogP contribution in [-0.2, 0) is 4.79 Å². The average molecular weight is 245 g/mol. The molecule has 1 aromatic rings. The standard InChI is InChI=1S/C14H15NO3/c1-10-3-2-4-12(14(10)16)9-11-5-7-13(8-6-11)15(17)18/h5-10H,2-4H2,1H3/b12-9+/t10-/m1/s1. The molecule has 0 aromatic heterocycles. The lowest BCUT2D eigenvalue weighted by atomic mass is 9.84. The fourth-order valence-corrected chi connectivity index (χ4v) is 2.21. The molecule has 4 nitrogen and oxygen atoms in total. The smallest absolute Gasteiger partial charge is 0.269 e. The van der Waals surface area contributed by atoms with Crippen LogP contribution in [0.25, 0.3) is 6.08 Å². The van der Waals surface area contributed by atoms with Crippen molar-refractivity contribution in [2.45, 2.75) is 26.2 Å². The Balaban J connectivity index is 2.22. The topological polar surface area (TPSA) is 60.2 Å². The van der Waals surface area contributed by atoms with Gasteiger partial charge in [0.2, 0.25) is 0 Å². The van der Waals surface area contributed by atoms with Crippen molar-refractivity contribution >= 4 is 17.5 Å². The Morgan fingerprint density at radius 3 is 2.61 bits per heavy atom. The van der Waals surface area contributed by atoms with Gasteiger partial charge in [-0.25, -0.2) is 0 Å². The maximum atomic E-state index is 11.9. The second-order valence-corrected chi connectivity index (χ2v) is 4.68. The lowest BCUT2D eigenvalue weighted by Gasteiger charge is -2.19. The zero-order chi connectivity index (χ0) is 13.1. The monoisotopic (exact) mass is 245 g/mol. The molecule has 1 saturated carbocycles. The fourth-order valence-electron chi connectivity index (χ4n) is 2.21. The van der Waals surface area contributed by atoms with Crippen molar-refractivity contribution in [3.8, 4) is 0 Å². The van der Waals surface area contributed by atoms with Gasteiger partial charge in [0.25, 0.3) is 5.69 Å². The van der Waals surface area contributed by atoms with Crippen LogP contribution in [0.3, 0.4) is 0 Å².